The quantitative estimate of drug-likeness (QED) is 0.436. The molecule has 38 heavy (non-hydrogen) atoms. The molecule has 198 valence electrons. The van der Waals surface area contributed by atoms with Crippen molar-refractivity contribution in [3.05, 3.63) is 83.4 Å². The Morgan fingerprint density at radius 2 is 1.50 bits per heavy atom. The first-order valence-corrected chi connectivity index (χ1v) is 12.5. The lowest BCUT2D eigenvalue weighted by Gasteiger charge is -2.32. The van der Waals surface area contributed by atoms with E-state index in [1.165, 1.54) is 0 Å². The molecule has 2 N–H and O–H groups in total. The Hall–Kier alpha value is -4.08. The molecular weight excluding hydrogens is 486 g/mol. The molecule has 0 bridgehead atoms. The lowest BCUT2D eigenvalue weighted by molar-refractivity contribution is -0.119. The molecule has 9 nitrogen and oxygen atoms in total. The summed E-state index contributed by atoms with van der Waals surface area (Å²) in [6.45, 7) is 2.06. The van der Waals surface area contributed by atoms with E-state index in [9.17, 15) is 9.59 Å². The molecule has 0 aliphatic carbocycles. The number of rotatable bonds is 8. The number of benzene rings is 3. The SMILES string of the molecule is CCOC(=O)c1ccc(N2C(=O)C3NNC(c4ccc(OC)cc4)C3C2c2ccc(OC)cc2OC)cc1. The van der Waals surface area contributed by atoms with Crippen molar-refractivity contribution < 1.29 is 28.5 Å². The van der Waals surface area contributed by atoms with Gasteiger partial charge in [-0.1, -0.05) is 12.1 Å². The Labute approximate surface area is 221 Å². The number of anilines is 1. The fraction of sp³-hybridized carbons (Fsp3) is 0.310. The molecule has 0 saturated carbocycles. The molecule has 1 amide bonds. The highest BCUT2D eigenvalue weighted by Gasteiger charge is 2.56. The topological polar surface area (TPSA) is 98.4 Å². The third kappa shape index (κ3) is 4.44. The molecular formula is C29H31N3O6. The van der Waals surface area contributed by atoms with Gasteiger partial charge in [-0.15, -0.1) is 0 Å². The molecule has 4 unspecified atom stereocenters. The van der Waals surface area contributed by atoms with Crippen LogP contribution in [0.1, 0.15) is 40.5 Å². The van der Waals surface area contributed by atoms with Crippen molar-refractivity contribution in [2.24, 2.45) is 5.92 Å². The number of hydrogen-bond acceptors (Lipinski definition) is 8. The van der Waals surface area contributed by atoms with Crippen molar-refractivity contribution in [1.82, 2.24) is 10.9 Å². The highest BCUT2D eigenvalue weighted by molar-refractivity contribution is 6.02. The number of nitrogens with one attached hydrogen (secondary N) is 2. The number of hydrogen-bond donors (Lipinski definition) is 2. The van der Waals surface area contributed by atoms with E-state index in [0.29, 0.717) is 29.4 Å². The Kier molecular flexibility index (Phi) is 7.22. The molecule has 2 heterocycles. The van der Waals surface area contributed by atoms with E-state index < -0.39 is 12.0 Å². The summed E-state index contributed by atoms with van der Waals surface area (Å²) < 4.78 is 21.7. The standard InChI is InChI=1S/C29H31N3O6/c1-5-38-29(34)18-6-10-19(11-7-18)32-27(22-15-14-21(36-3)16-23(22)37-4)24-25(30-31-26(24)28(32)33)17-8-12-20(35-2)13-9-17/h6-16,24-27,30-31H,5H2,1-4H3. The number of carbonyl (C=O) groups is 2. The summed E-state index contributed by atoms with van der Waals surface area (Å²) >= 11 is 0. The van der Waals surface area contributed by atoms with Gasteiger partial charge in [-0.05, 0) is 61.0 Å². The fourth-order valence-corrected chi connectivity index (χ4v) is 5.40. The third-order valence-electron chi connectivity index (χ3n) is 7.20. The average Bonchev–Trinajstić information content (AvgIpc) is 3.51. The molecule has 5 rings (SSSR count). The number of amides is 1. The van der Waals surface area contributed by atoms with E-state index >= 15 is 0 Å². The smallest absolute Gasteiger partial charge is 0.338 e. The van der Waals surface area contributed by atoms with Gasteiger partial charge in [0, 0.05) is 23.2 Å². The van der Waals surface area contributed by atoms with Crippen LogP contribution < -0.4 is 30.0 Å². The molecule has 2 aliphatic rings. The van der Waals surface area contributed by atoms with Crippen molar-refractivity contribution in [3.63, 3.8) is 0 Å². The van der Waals surface area contributed by atoms with Crippen LogP contribution in [-0.2, 0) is 9.53 Å². The number of nitrogens with zero attached hydrogens (tertiary/aromatic N) is 1. The Bertz CT molecular complexity index is 1310. The first-order chi connectivity index (χ1) is 18.5. The number of methoxy groups -OCH3 is 3. The molecule has 4 atom stereocenters. The van der Waals surface area contributed by atoms with Gasteiger partial charge in [0.15, 0.2) is 0 Å². The van der Waals surface area contributed by atoms with Crippen molar-refractivity contribution in [3.8, 4) is 17.2 Å². The van der Waals surface area contributed by atoms with E-state index in [1.54, 1.807) is 57.4 Å². The average molecular weight is 518 g/mol. The summed E-state index contributed by atoms with van der Waals surface area (Å²) in [7, 11) is 4.84. The lowest BCUT2D eigenvalue weighted by Crippen LogP contribution is -2.41. The van der Waals surface area contributed by atoms with Crippen LogP contribution in [0.4, 0.5) is 5.69 Å². The maximum Gasteiger partial charge on any atom is 0.338 e. The highest BCUT2D eigenvalue weighted by atomic mass is 16.5. The van der Waals surface area contributed by atoms with Gasteiger partial charge in [-0.25, -0.2) is 15.6 Å². The summed E-state index contributed by atoms with van der Waals surface area (Å²) in [6, 6.07) is 19.4. The number of carbonyl (C=O) groups excluding carboxylic acids is 2. The summed E-state index contributed by atoms with van der Waals surface area (Å²) in [6.07, 6.45) is 0. The molecule has 2 aliphatic heterocycles. The van der Waals surface area contributed by atoms with Crippen LogP contribution in [0.5, 0.6) is 17.2 Å². The molecule has 0 aromatic heterocycles. The first-order valence-electron chi connectivity index (χ1n) is 12.5. The van der Waals surface area contributed by atoms with Crippen LogP contribution in [0.15, 0.2) is 66.7 Å². The summed E-state index contributed by atoms with van der Waals surface area (Å²) in [5, 5.41) is 0. The van der Waals surface area contributed by atoms with Gasteiger partial charge >= 0.3 is 5.97 Å². The molecule has 2 saturated heterocycles. The van der Waals surface area contributed by atoms with Crippen molar-refractivity contribution in [2.45, 2.75) is 25.0 Å². The van der Waals surface area contributed by atoms with Crippen LogP contribution in [0, 0.1) is 5.92 Å². The van der Waals surface area contributed by atoms with E-state index in [0.717, 1.165) is 16.9 Å². The van der Waals surface area contributed by atoms with Gasteiger partial charge in [0.2, 0.25) is 5.91 Å². The second-order valence-corrected chi connectivity index (χ2v) is 9.12. The first kappa shape index (κ1) is 25.6. The molecule has 3 aromatic carbocycles. The van der Waals surface area contributed by atoms with Gasteiger partial charge in [0.25, 0.3) is 0 Å². The van der Waals surface area contributed by atoms with Crippen LogP contribution >= 0.6 is 0 Å². The monoisotopic (exact) mass is 517 g/mol. The van der Waals surface area contributed by atoms with Gasteiger partial charge in [-0.3, -0.25) is 4.79 Å². The van der Waals surface area contributed by atoms with E-state index in [2.05, 4.69) is 10.9 Å². The van der Waals surface area contributed by atoms with Crippen LogP contribution in [0.25, 0.3) is 0 Å². The van der Waals surface area contributed by atoms with E-state index in [4.69, 9.17) is 18.9 Å². The van der Waals surface area contributed by atoms with Gasteiger partial charge in [-0.2, -0.15) is 0 Å². The normalized spacial score (nSPS) is 22.2. The molecule has 9 heteroatoms. The van der Waals surface area contributed by atoms with Crippen LogP contribution in [0.2, 0.25) is 0 Å². The molecule has 3 aromatic rings. The minimum absolute atomic E-state index is 0.0785. The Balaban J connectivity index is 1.60. The molecule has 0 spiro atoms. The van der Waals surface area contributed by atoms with Crippen molar-refractivity contribution in [2.75, 3.05) is 32.8 Å². The second-order valence-electron chi connectivity index (χ2n) is 9.12. The predicted octanol–water partition coefficient (Wildman–Crippen LogP) is 3.81. The van der Waals surface area contributed by atoms with E-state index in [-0.39, 0.29) is 23.9 Å². The number of esters is 1. The maximum atomic E-state index is 13.9. The minimum Gasteiger partial charge on any atom is -0.497 e. The maximum absolute atomic E-state index is 13.9. The van der Waals surface area contributed by atoms with Gasteiger partial charge < -0.3 is 23.8 Å². The predicted molar refractivity (Wildman–Crippen MR) is 141 cm³/mol. The zero-order valence-electron chi connectivity index (χ0n) is 21.8. The fourth-order valence-electron chi connectivity index (χ4n) is 5.40. The summed E-state index contributed by atoms with van der Waals surface area (Å²) in [4.78, 5) is 27.9. The summed E-state index contributed by atoms with van der Waals surface area (Å²) in [5.41, 5.74) is 9.57. The number of ether oxygens (including phenoxy) is 4. The number of fused-ring (bicyclic) bond motifs is 1. The molecule has 2 fully saturated rings. The van der Waals surface area contributed by atoms with E-state index in [1.807, 2.05) is 42.5 Å². The largest absolute Gasteiger partial charge is 0.497 e. The minimum atomic E-state index is -0.483. The second kappa shape index (κ2) is 10.7. The van der Waals surface area contributed by atoms with Crippen LogP contribution in [-0.4, -0.2) is 45.9 Å². The Morgan fingerprint density at radius 1 is 0.842 bits per heavy atom. The zero-order valence-corrected chi connectivity index (χ0v) is 21.8. The van der Waals surface area contributed by atoms with Crippen molar-refractivity contribution >= 4 is 17.6 Å². The van der Waals surface area contributed by atoms with Gasteiger partial charge in [0.05, 0.1) is 45.6 Å². The molecule has 0 radical (unpaired) electrons. The third-order valence-corrected chi connectivity index (χ3v) is 7.20. The number of hydrazine groups is 1. The summed E-state index contributed by atoms with van der Waals surface area (Å²) in [5.74, 6) is 1.38. The van der Waals surface area contributed by atoms with Gasteiger partial charge in [0.1, 0.15) is 23.3 Å². The lowest BCUT2D eigenvalue weighted by atomic mass is 9.83. The zero-order chi connectivity index (χ0) is 26.8. The highest BCUT2D eigenvalue weighted by Crippen LogP contribution is 2.51. The van der Waals surface area contributed by atoms with Crippen LogP contribution in [0.3, 0.4) is 0 Å². The van der Waals surface area contributed by atoms with Crippen molar-refractivity contribution in [1.29, 1.82) is 0 Å². The Morgan fingerprint density at radius 3 is 2.13 bits per heavy atom.